The van der Waals surface area contributed by atoms with Gasteiger partial charge < -0.3 is 4.98 Å². The van der Waals surface area contributed by atoms with Crippen LogP contribution < -0.4 is 10.9 Å². The summed E-state index contributed by atoms with van der Waals surface area (Å²) in [5, 5.41) is 11.2. The number of hydrazine groups is 1. The zero-order chi connectivity index (χ0) is 17.4. The third-order valence-electron chi connectivity index (χ3n) is 3.47. The summed E-state index contributed by atoms with van der Waals surface area (Å²) in [7, 11) is 0. The standard InChI is InChI=1S/C15H10N6O3S/c22-14(13-16-9-3-1-2-4-10(9)17-13)19-20-15-18-11-6-5-8(21(23)24)7-12(11)25-15/h1-7H,(H,16,17)(H,18,20)(H,19,22). The van der Waals surface area contributed by atoms with Gasteiger partial charge in [-0.15, -0.1) is 0 Å². The number of carbonyl (C=O) groups is 1. The molecule has 0 aliphatic carbocycles. The Morgan fingerprint density at radius 1 is 1.16 bits per heavy atom. The maximum Gasteiger partial charge on any atom is 0.305 e. The Bertz CT molecular complexity index is 1090. The minimum absolute atomic E-state index is 0.00555. The molecule has 2 aromatic heterocycles. The average molecular weight is 354 g/mol. The summed E-state index contributed by atoms with van der Waals surface area (Å²) < 4.78 is 0.648. The molecule has 0 radical (unpaired) electrons. The number of H-pyrrole nitrogens is 1. The molecule has 9 nitrogen and oxygen atoms in total. The van der Waals surface area contributed by atoms with Gasteiger partial charge in [0.15, 0.2) is 5.82 Å². The van der Waals surface area contributed by atoms with Gasteiger partial charge in [0, 0.05) is 12.1 Å². The Kier molecular flexibility index (Phi) is 3.51. The predicted molar refractivity (Wildman–Crippen MR) is 93.5 cm³/mol. The van der Waals surface area contributed by atoms with Crippen LogP contribution >= 0.6 is 11.3 Å². The Hall–Kier alpha value is -3.53. The van der Waals surface area contributed by atoms with Gasteiger partial charge in [-0.25, -0.2) is 9.97 Å². The molecule has 0 spiro atoms. The summed E-state index contributed by atoms with van der Waals surface area (Å²) in [6.07, 6.45) is 0. The zero-order valence-corrected chi connectivity index (χ0v) is 13.3. The Balaban J connectivity index is 1.51. The molecule has 2 heterocycles. The van der Waals surface area contributed by atoms with Crippen LogP contribution in [0.2, 0.25) is 0 Å². The van der Waals surface area contributed by atoms with Crippen molar-refractivity contribution in [2.45, 2.75) is 0 Å². The zero-order valence-electron chi connectivity index (χ0n) is 12.5. The first-order valence-electron chi connectivity index (χ1n) is 7.16. The fourth-order valence-electron chi connectivity index (χ4n) is 2.31. The van der Waals surface area contributed by atoms with Crippen molar-refractivity contribution in [2.24, 2.45) is 0 Å². The van der Waals surface area contributed by atoms with E-state index in [4.69, 9.17) is 0 Å². The van der Waals surface area contributed by atoms with E-state index in [1.54, 1.807) is 12.1 Å². The van der Waals surface area contributed by atoms with Crippen LogP contribution in [0.25, 0.3) is 21.3 Å². The molecule has 3 N–H and O–H groups in total. The van der Waals surface area contributed by atoms with Gasteiger partial charge in [0.25, 0.3) is 5.69 Å². The van der Waals surface area contributed by atoms with E-state index in [9.17, 15) is 14.9 Å². The van der Waals surface area contributed by atoms with E-state index in [0.717, 1.165) is 5.52 Å². The van der Waals surface area contributed by atoms with E-state index >= 15 is 0 Å². The number of thiazole rings is 1. The molecular formula is C15H10N6O3S. The number of rotatable bonds is 4. The molecule has 0 bridgehead atoms. The van der Waals surface area contributed by atoms with E-state index in [2.05, 4.69) is 25.8 Å². The maximum absolute atomic E-state index is 12.2. The number of non-ortho nitro benzene ring substituents is 1. The lowest BCUT2D eigenvalue weighted by Gasteiger charge is -2.02. The van der Waals surface area contributed by atoms with Crippen molar-refractivity contribution < 1.29 is 9.72 Å². The Morgan fingerprint density at radius 2 is 2.00 bits per heavy atom. The van der Waals surface area contributed by atoms with Crippen LogP contribution in [0.15, 0.2) is 42.5 Å². The third-order valence-corrected chi connectivity index (χ3v) is 4.40. The number of carbonyl (C=O) groups excluding carboxylic acids is 1. The number of amides is 1. The van der Waals surface area contributed by atoms with Gasteiger partial charge in [-0.1, -0.05) is 23.5 Å². The molecule has 124 valence electrons. The molecule has 10 heteroatoms. The summed E-state index contributed by atoms with van der Waals surface area (Å²) in [6, 6.07) is 11.7. The average Bonchev–Trinajstić information content (AvgIpc) is 3.22. The molecule has 4 rings (SSSR count). The first kappa shape index (κ1) is 15.0. The fraction of sp³-hybridized carbons (Fsp3) is 0. The summed E-state index contributed by atoms with van der Waals surface area (Å²) >= 11 is 1.20. The lowest BCUT2D eigenvalue weighted by molar-refractivity contribution is -0.384. The number of hydrogen-bond donors (Lipinski definition) is 3. The van der Waals surface area contributed by atoms with Crippen molar-refractivity contribution in [3.8, 4) is 0 Å². The van der Waals surface area contributed by atoms with Crippen LogP contribution in [0.1, 0.15) is 10.6 Å². The molecule has 0 unspecified atom stereocenters. The largest absolute Gasteiger partial charge is 0.334 e. The third kappa shape index (κ3) is 2.85. The van der Waals surface area contributed by atoms with Gasteiger partial charge in [-0.2, -0.15) is 0 Å². The molecule has 0 atom stereocenters. The minimum Gasteiger partial charge on any atom is -0.334 e. The van der Waals surface area contributed by atoms with E-state index in [1.165, 1.54) is 23.5 Å². The molecule has 2 aromatic carbocycles. The number of aromatic nitrogens is 3. The summed E-state index contributed by atoms with van der Waals surface area (Å²) in [5.74, 6) is -0.271. The molecule has 4 aromatic rings. The smallest absolute Gasteiger partial charge is 0.305 e. The summed E-state index contributed by atoms with van der Waals surface area (Å²) in [6.45, 7) is 0. The van der Waals surface area contributed by atoms with Gasteiger partial charge in [-0.05, 0) is 18.2 Å². The van der Waals surface area contributed by atoms with Crippen LogP contribution in [-0.4, -0.2) is 25.8 Å². The van der Waals surface area contributed by atoms with Crippen molar-refractivity contribution in [1.29, 1.82) is 0 Å². The first-order valence-corrected chi connectivity index (χ1v) is 7.98. The number of fused-ring (bicyclic) bond motifs is 2. The van der Waals surface area contributed by atoms with Crippen LogP contribution in [0, 0.1) is 10.1 Å². The SMILES string of the molecule is O=C(NNc1nc2ccc([N+](=O)[O-])cc2s1)c1nc2ccccc2[nH]1. The molecular weight excluding hydrogens is 344 g/mol. The number of aromatic amines is 1. The molecule has 0 aliphatic heterocycles. The molecule has 0 saturated heterocycles. The lowest BCUT2D eigenvalue weighted by Crippen LogP contribution is -2.30. The highest BCUT2D eigenvalue weighted by Crippen LogP contribution is 2.28. The molecule has 25 heavy (non-hydrogen) atoms. The first-order chi connectivity index (χ1) is 12.1. The second kappa shape index (κ2) is 5.83. The maximum atomic E-state index is 12.2. The number of nitrogens with one attached hydrogen (secondary N) is 3. The molecule has 0 fully saturated rings. The molecule has 0 saturated carbocycles. The van der Waals surface area contributed by atoms with Crippen molar-refractivity contribution >= 4 is 49.3 Å². The number of para-hydroxylation sites is 2. The van der Waals surface area contributed by atoms with Gasteiger partial charge >= 0.3 is 5.91 Å². The van der Waals surface area contributed by atoms with E-state index in [1.807, 2.05) is 18.2 Å². The van der Waals surface area contributed by atoms with Crippen LogP contribution in [0.4, 0.5) is 10.8 Å². The topological polar surface area (TPSA) is 126 Å². The molecule has 1 amide bonds. The second-order valence-electron chi connectivity index (χ2n) is 5.11. The fourth-order valence-corrected chi connectivity index (χ4v) is 3.16. The number of nitrogens with zero attached hydrogens (tertiary/aromatic N) is 3. The van der Waals surface area contributed by atoms with Crippen molar-refractivity contribution in [1.82, 2.24) is 20.4 Å². The van der Waals surface area contributed by atoms with Gasteiger partial charge in [0.1, 0.15) is 0 Å². The number of nitro groups is 1. The lowest BCUT2D eigenvalue weighted by atomic mass is 10.3. The Labute approximate surface area is 143 Å². The summed E-state index contributed by atoms with van der Waals surface area (Å²) in [4.78, 5) is 33.9. The number of imidazole rings is 1. The molecule has 0 aliphatic rings. The second-order valence-corrected chi connectivity index (χ2v) is 6.14. The Morgan fingerprint density at radius 3 is 2.80 bits per heavy atom. The summed E-state index contributed by atoms with van der Waals surface area (Å²) in [5.41, 5.74) is 7.27. The van der Waals surface area contributed by atoms with Crippen LogP contribution in [-0.2, 0) is 0 Å². The van der Waals surface area contributed by atoms with Gasteiger partial charge in [-0.3, -0.25) is 25.8 Å². The number of anilines is 1. The number of benzene rings is 2. The van der Waals surface area contributed by atoms with Crippen molar-refractivity contribution in [3.63, 3.8) is 0 Å². The van der Waals surface area contributed by atoms with Crippen molar-refractivity contribution in [2.75, 3.05) is 5.43 Å². The highest BCUT2D eigenvalue weighted by Gasteiger charge is 2.13. The predicted octanol–water partition coefficient (Wildman–Crippen LogP) is 2.84. The monoisotopic (exact) mass is 354 g/mol. The quantitative estimate of drug-likeness (QED) is 0.382. The highest BCUT2D eigenvalue weighted by atomic mass is 32.1. The normalized spacial score (nSPS) is 10.9. The minimum atomic E-state index is -0.463. The van der Waals surface area contributed by atoms with Crippen LogP contribution in [0.5, 0.6) is 0 Å². The number of hydrogen-bond acceptors (Lipinski definition) is 7. The van der Waals surface area contributed by atoms with Gasteiger partial charge in [0.05, 0.1) is 26.2 Å². The highest BCUT2D eigenvalue weighted by molar-refractivity contribution is 7.22. The van der Waals surface area contributed by atoms with E-state index in [-0.39, 0.29) is 11.5 Å². The van der Waals surface area contributed by atoms with E-state index in [0.29, 0.717) is 20.9 Å². The number of nitro benzene ring substituents is 1. The van der Waals surface area contributed by atoms with Gasteiger partial charge in [0.2, 0.25) is 5.13 Å². The van der Waals surface area contributed by atoms with Crippen molar-refractivity contribution in [3.05, 3.63) is 58.4 Å². The van der Waals surface area contributed by atoms with Crippen LogP contribution in [0.3, 0.4) is 0 Å². The van der Waals surface area contributed by atoms with E-state index < -0.39 is 10.8 Å².